The number of aryl methyl sites for hydroxylation is 1. The first-order chi connectivity index (χ1) is 8.60. The van der Waals surface area contributed by atoms with Crippen LogP contribution >= 0.6 is 11.5 Å². The SMILES string of the molecule is CCN1C[C@H](C(=O)Nc2cc(C)ns2)CCC1=O. The van der Waals surface area contributed by atoms with Crippen LogP contribution < -0.4 is 5.32 Å². The Labute approximate surface area is 110 Å². The van der Waals surface area contributed by atoms with Gasteiger partial charge in [0, 0.05) is 19.5 Å². The Hall–Kier alpha value is -1.43. The van der Waals surface area contributed by atoms with Crippen LogP contribution in [0.3, 0.4) is 0 Å². The molecule has 1 saturated heterocycles. The van der Waals surface area contributed by atoms with Crippen LogP contribution in [0.25, 0.3) is 0 Å². The molecule has 0 bridgehead atoms. The summed E-state index contributed by atoms with van der Waals surface area (Å²) in [5.41, 5.74) is 0.907. The van der Waals surface area contributed by atoms with Crippen LogP contribution in [0.4, 0.5) is 5.00 Å². The molecule has 0 radical (unpaired) electrons. The topological polar surface area (TPSA) is 62.3 Å². The number of likely N-dealkylation sites (tertiary alicyclic amines) is 1. The molecule has 1 aliphatic heterocycles. The van der Waals surface area contributed by atoms with E-state index in [0.717, 1.165) is 10.7 Å². The number of carbonyl (C=O) groups excluding carboxylic acids is 2. The molecule has 1 aromatic rings. The van der Waals surface area contributed by atoms with E-state index in [2.05, 4.69) is 9.69 Å². The van der Waals surface area contributed by atoms with Crippen molar-refractivity contribution >= 4 is 28.3 Å². The zero-order chi connectivity index (χ0) is 13.1. The van der Waals surface area contributed by atoms with E-state index in [1.807, 2.05) is 19.9 Å². The van der Waals surface area contributed by atoms with E-state index in [4.69, 9.17) is 0 Å². The van der Waals surface area contributed by atoms with E-state index in [1.54, 1.807) is 4.90 Å². The van der Waals surface area contributed by atoms with Gasteiger partial charge in [0.15, 0.2) is 0 Å². The summed E-state index contributed by atoms with van der Waals surface area (Å²) in [6, 6.07) is 1.86. The Morgan fingerprint density at radius 3 is 3.06 bits per heavy atom. The fourth-order valence-electron chi connectivity index (χ4n) is 2.08. The fraction of sp³-hybridized carbons (Fsp3) is 0.583. The predicted molar refractivity (Wildman–Crippen MR) is 70.5 cm³/mol. The Balaban J connectivity index is 1.95. The van der Waals surface area contributed by atoms with Gasteiger partial charge in [-0.25, -0.2) is 0 Å². The second-order valence-corrected chi connectivity index (χ2v) is 5.29. The van der Waals surface area contributed by atoms with Crippen molar-refractivity contribution in [1.82, 2.24) is 9.27 Å². The molecule has 98 valence electrons. The summed E-state index contributed by atoms with van der Waals surface area (Å²) >= 11 is 1.29. The lowest BCUT2D eigenvalue weighted by molar-refractivity contribution is -0.136. The first-order valence-electron chi connectivity index (χ1n) is 6.12. The highest BCUT2D eigenvalue weighted by atomic mass is 32.1. The van der Waals surface area contributed by atoms with Gasteiger partial charge in [-0.05, 0) is 37.9 Å². The third-order valence-corrected chi connectivity index (χ3v) is 3.92. The molecule has 1 aliphatic rings. The minimum absolute atomic E-state index is 0.00963. The van der Waals surface area contributed by atoms with Crippen LogP contribution in [0, 0.1) is 12.8 Å². The summed E-state index contributed by atoms with van der Waals surface area (Å²) in [6.07, 6.45) is 1.10. The highest BCUT2D eigenvalue weighted by molar-refractivity contribution is 7.10. The molecular weight excluding hydrogens is 250 g/mol. The third-order valence-electron chi connectivity index (χ3n) is 3.13. The van der Waals surface area contributed by atoms with E-state index in [-0.39, 0.29) is 17.7 Å². The molecular formula is C12H17N3O2S. The van der Waals surface area contributed by atoms with Gasteiger partial charge in [0.1, 0.15) is 5.00 Å². The van der Waals surface area contributed by atoms with E-state index in [0.29, 0.717) is 25.9 Å². The van der Waals surface area contributed by atoms with Crippen molar-refractivity contribution in [3.8, 4) is 0 Å². The van der Waals surface area contributed by atoms with Gasteiger partial charge in [-0.15, -0.1) is 0 Å². The molecule has 0 spiro atoms. The molecule has 1 atom stereocenters. The Morgan fingerprint density at radius 2 is 2.44 bits per heavy atom. The number of hydrogen-bond donors (Lipinski definition) is 1. The van der Waals surface area contributed by atoms with Crippen molar-refractivity contribution in [2.24, 2.45) is 5.92 Å². The molecule has 1 N–H and O–H groups in total. The van der Waals surface area contributed by atoms with E-state index in [1.165, 1.54) is 11.5 Å². The van der Waals surface area contributed by atoms with Gasteiger partial charge < -0.3 is 10.2 Å². The number of nitrogens with one attached hydrogen (secondary N) is 1. The standard InChI is InChI=1S/C12H17N3O2S/c1-3-15-7-9(4-5-11(15)16)12(17)13-10-6-8(2)14-18-10/h6,9H,3-5,7H2,1-2H3,(H,13,17)/t9-/m1/s1. The Bertz CT molecular complexity index is 458. The van der Waals surface area contributed by atoms with E-state index < -0.39 is 0 Å². The molecule has 6 heteroatoms. The van der Waals surface area contributed by atoms with Crippen molar-refractivity contribution in [3.63, 3.8) is 0 Å². The summed E-state index contributed by atoms with van der Waals surface area (Å²) in [5.74, 6) is 0.0323. The van der Waals surface area contributed by atoms with Crippen molar-refractivity contribution in [2.45, 2.75) is 26.7 Å². The first kappa shape index (κ1) is 13.0. The maximum absolute atomic E-state index is 12.1. The van der Waals surface area contributed by atoms with Crippen molar-refractivity contribution in [1.29, 1.82) is 0 Å². The smallest absolute Gasteiger partial charge is 0.229 e. The normalized spacial score (nSPS) is 20.0. The fourth-order valence-corrected chi connectivity index (χ4v) is 2.74. The van der Waals surface area contributed by atoms with Gasteiger partial charge in [0.05, 0.1) is 11.6 Å². The molecule has 0 aromatic carbocycles. The van der Waals surface area contributed by atoms with Gasteiger partial charge >= 0.3 is 0 Å². The van der Waals surface area contributed by atoms with Crippen LogP contribution in [0.15, 0.2) is 6.07 Å². The lowest BCUT2D eigenvalue weighted by Crippen LogP contribution is -2.43. The van der Waals surface area contributed by atoms with Gasteiger partial charge in [-0.2, -0.15) is 4.37 Å². The van der Waals surface area contributed by atoms with Gasteiger partial charge in [-0.1, -0.05) is 0 Å². The van der Waals surface area contributed by atoms with E-state index in [9.17, 15) is 9.59 Å². The summed E-state index contributed by atoms with van der Waals surface area (Å²) in [4.78, 5) is 25.4. The number of aromatic nitrogens is 1. The largest absolute Gasteiger partial charge is 0.342 e. The predicted octanol–water partition coefficient (Wildman–Crippen LogP) is 1.65. The van der Waals surface area contributed by atoms with Gasteiger partial charge in [0.2, 0.25) is 11.8 Å². The zero-order valence-electron chi connectivity index (χ0n) is 10.6. The van der Waals surface area contributed by atoms with Crippen molar-refractivity contribution < 1.29 is 9.59 Å². The van der Waals surface area contributed by atoms with Crippen LogP contribution in [0.1, 0.15) is 25.5 Å². The quantitative estimate of drug-likeness (QED) is 0.905. The molecule has 1 fully saturated rings. The maximum Gasteiger partial charge on any atom is 0.229 e. The molecule has 1 aromatic heterocycles. The van der Waals surface area contributed by atoms with E-state index >= 15 is 0 Å². The van der Waals surface area contributed by atoms with Crippen molar-refractivity contribution in [3.05, 3.63) is 11.8 Å². The number of amides is 2. The zero-order valence-corrected chi connectivity index (χ0v) is 11.4. The number of rotatable bonds is 3. The monoisotopic (exact) mass is 267 g/mol. The minimum atomic E-state index is -0.106. The van der Waals surface area contributed by atoms with Gasteiger partial charge in [0.25, 0.3) is 0 Å². The molecule has 2 heterocycles. The molecule has 5 nitrogen and oxygen atoms in total. The summed E-state index contributed by atoms with van der Waals surface area (Å²) in [5, 5.41) is 3.65. The average Bonchev–Trinajstić information content (AvgIpc) is 2.75. The third kappa shape index (κ3) is 2.87. The molecule has 18 heavy (non-hydrogen) atoms. The first-order valence-corrected chi connectivity index (χ1v) is 6.89. The number of hydrogen-bond acceptors (Lipinski definition) is 4. The minimum Gasteiger partial charge on any atom is -0.342 e. The Kier molecular flexibility index (Phi) is 3.96. The molecule has 0 saturated carbocycles. The molecule has 2 rings (SSSR count). The van der Waals surface area contributed by atoms with Gasteiger partial charge in [-0.3, -0.25) is 9.59 Å². The van der Waals surface area contributed by atoms with Crippen LogP contribution in [0.5, 0.6) is 0 Å². The number of carbonyl (C=O) groups is 2. The second kappa shape index (κ2) is 5.48. The van der Waals surface area contributed by atoms with Crippen LogP contribution in [-0.2, 0) is 9.59 Å². The highest BCUT2D eigenvalue weighted by Gasteiger charge is 2.29. The average molecular weight is 267 g/mol. The van der Waals surface area contributed by atoms with Crippen LogP contribution in [0.2, 0.25) is 0 Å². The highest BCUT2D eigenvalue weighted by Crippen LogP contribution is 2.21. The number of anilines is 1. The maximum atomic E-state index is 12.1. The summed E-state index contributed by atoms with van der Waals surface area (Å²) in [6.45, 7) is 5.02. The van der Waals surface area contributed by atoms with Crippen LogP contribution in [-0.4, -0.2) is 34.2 Å². The molecule has 2 amide bonds. The molecule has 0 aliphatic carbocycles. The lowest BCUT2D eigenvalue weighted by Gasteiger charge is -2.30. The Morgan fingerprint density at radius 1 is 1.67 bits per heavy atom. The van der Waals surface area contributed by atoms with Crippen molar-refractivity contribution in [2.75, 3.05) is 18.4 Å². The summed E-state index contributed by atoms with van der Waals surface area (Å²) in [7, 11) is 0. The number of piperidine rings is 1. The second-order valence-electron chi connectivity index (χ2n) is 4.49. The molecule has 0 unspecified atom stereocenters. The summed E-state index contributed by atoms with van der Waals surface area (Å²) < 4.78 is 4.12. The lowest BCUT2D eigenvalue weighted by atomic mass is 9.97. The number of nitrogens with zero attached hydrogens (tertiary/aromatic N) is 2.